The molecule has 1 heterocycles. The average molecular weight is 369 g/mol. The third kappa shape index (κ3) is 2.62. The fraction of sp³-hybridized carbons (Fsp3) is 0.0500. The monoisotopic (exact) mass is 368 g/mol. The topological polar surface area (TPSA) is 76.0 Å². The van der Waals surface area contributed by atoms with E-state index in [1.54, 1.807) is 36.4 Å². The van der Waals surface area contributed by atoms with Gasteiger partial charge in [0.05, 0.1) is 5.56 Å². The third-order valence-corrected chi connectivity index (χ3v) is 4.54. The maximum absolute atomic E-state index is 12.1. The summed E-state index contributed by atoms with van der Waals surface area (Å²) in [6, 6.07) is 16.6. The van der Waals surface area contributed by atoms with Crippen LogP contribution in [-0.2, 0) is 4.29 Å². The van der Waals surface area contributed by atoms with Gasteiger partial charge in [-0.15, -0.1) is 0 Å². The van der Waals surface area contributed by atoms with E-state index in [4.69, 9.17) is 16.6 Å². The van der Waals surface area contributed by atoms with Gasteiger partial charge in [-0.3, -0.25) is 0 Å². The largest absolute Gasteiger partial charge is 0.508 e. The number of benzene rings is 3. The molecule has 0 amide bonds. The number of fused-ring (bicyclic) bond motifs is 2. The minimum atomic E-state index is -0.658. The molecule has 0 fully saturated rings. The van der Waals surface area contributed by atoms with Gasteiger partial charge in [0.25, 0.3) is 0 Å². The van der Waals surface area contributed by atoms with Crippen molar-refractivity contribution in [2.75, 3.05) is 0 Å². The predicted molar refractivity (Wildman–Crippen MR) is 94.9 cm³/mol. The van der Waals surface area contributed by atoms with Gasteiger partial charge in [-0.1, -0.05) is 30.3 Å². The Bertz CT molecular complexity index is 963. The molecule has 26 heavy (non-hydrogen) atoms. The van der Waals surface area contributed by atoms with Crippen LogP contribution in [0.5, 0.6) is 23.0 Å². The van der Waals surface area contributed by atoms with Gasteiger partial charge in [0.1, 0.15) is 34.9 Å². The molecule has 1 aliphatic rings. The molecule has 3 aromatic rings. The Morgan fingerprint density at radius 1 is 0.885 bits per heavy atom. The van der Waals surface area contributed by atoms with Crippen molar-refractivity contribution in [3.05, 3.63) is 82.9 Å². The average Bonchev–Trinajstić information content (AvgIpc) is 2.65. The summed E-state index contributed by atoms with van der Waals surface area (Å²) in [5, 5.41) is 19.6. The summed E-state index contributed by atoms with van der Waals surface area (Å²) in [7, 11) is 0. The molecule has 4 rings (SSSR count). The molecule has 0 aliphatic carbocycles. The smallest absolute Gasteiger partial charge is 0.356 e. The number of carbonyl (C=O) groups excluding carboxylic acids is 1. The van der Waals surface area contributed by atoms with E-state index in [0.717, 1.165) is 11.1 Å². The number of phenols is 2. The fourth-order valence-electron chi connectivity index (χ4n) is 3.30. The highest BCUT2D eigenvalue weighted by Crippen LogP contribution is 2.49. The number of ether oxygens (including phenoxy) is 1. The first-order valence-electron chi connectivity index (χ1n) is 7.84. The van der Waals surface area contributed by atoms with E-state index in [0.29, 0.717) is 22.6 Å². The van der Waals surface area contributed by atoms with Crippen molar-refractivity contribution in [2.24, 2.45) is 0 Å². The van der Waals surface area contributed by atoms with Crippen LogP contribution in [-0.4, -0.2) is 16.2 Å². The highest BCUT2D eigenvalue weighted by Gasteiger charge is 2.32. The van der Waals surface area contributed by atoms with Crippen LogP contribution in [0.25, 0.3) is 0 Å². The summed E-state index contributed by atoms with van der Waals surface area (Å²) >= 11 is 5.30. The van der Waals surface area contributed by atoms with Crippen molar-refractivity contribution in [3.63, 3.8) is 0 Å². The summed E-state index contributed by atoms with van der Waals surface area (Å²) in [5.41, 5.74) is 2.56. The van der Waals surface area contributed by atoms with E-state index in [1.807, 2.05) is 12.1 Å². The van der Waals surface area contributed by atoms with Crippen molar-refractivity contribution < 1.29 is 24.0 Å². The van der Waals surface area contributed by atoms with Gasteiger partial charge in [0, 0.05) is 29.2 Å². The quantitative estimate of drug-likeness (QED) is 0.536. The van der Waals surface area contributed by atoms with Crippen LogP contribution in [0.15, 0.2) is 60.7 Å². The van der Waals surface area contributed by atoms with Gasteiger partial charge in [0.15, 0.2) is 0 Å². The van der Waals surface area contributed by atoms with Crippen molar-refractivity contribution in [1.82, 2.24) is 0 Å². The van der Waals surface area contributed by atoms with E-state index in [1.165, 1.54) is 12.1 Å². The molecule has 6 heteroatoms. The lowest BCUT2D eigenvalue weighted by molar-refractivity contribution is 0.0750. The Hall–Kier alpha value is -3.18. The van der Waals surface area contributed by atoms with Crippen molar-refractivity contribution >= 4 is 17.8 Å². The van der Waals surface area contributed by atoms with E-state index in [2.05, 4.69) is 4.29 Å². The number of phenolic OH excluding ortho intramolecular Hbond substituents is 2. The normalized spacial score (nSPS) is 12.7. The molecule has 0 saturated heterocycles. The molecule has 0 radical (unpaired) electrons. The number of hydrogen-bond acceptors (Lipinski definition) is 5. The molecular weight excluding hydrogens is 356 g/mol. The van der Waals surface area contributed by atoms with Crippen LogP contribution in [0.3, 0.4) is 0 Å². The van der Waals surface area contributed by atoms with Crippen LogP contribution >= 0.6 is 11.9 Å². The summed E-state index contributed by atoms with van der Waals surface area (Å²) in [5.74, 6) is -0.0141. The second kappa shape index (κ2) is 6.28. The number of halogens is 1. The molecule has 0 unspecified atom stereocenters. The molecule has 1 aliphatic heterocycles. The van der Waals surface area contributed by atoms with E-state index in [-0.39, 0.29) is 17.4 Å². The van der Waals surface area contributed by atoms with Crippen LogP contribution in [0.1, 0.15) is 33.0 Å². The second-order valence-electron chi connectivity index (χ2n) is 5.93. The fourth-order valence-corrected chi connectivity index (χ4v) is 3.38. The Labute approximate surface area is 154 Å². The maximum Gasteiger partial charge on any atom is 0.356 e. The lowest BCUT2D eigenvalue weighted by Crippen LogP contribution is -2.15. The first-order chi connectivity index (χ1) is 12.6. The van der Waals surface area contributed by atoms with Crippen molar-refractivity contribution in [1.29, 1.82) is 0 Å². The zero-order valence-corrected chi connectivity index (χ0v) is 14.1. The Balaban J connectivity index is 1.99. The first-order valence-corrected chi connectivity index (χ1v) is 8.15. The van der Waals surface area contributed by atoms with Gasteiger partial charge in [-0.2, -0.15) is 0 Å². The van der Waals surface area contributed by atoms with Gasteiger partial charge in [0.2, 0.25) is 0 Å². The minimum Gasteiger partial charge on any atom is -0.508 e. The van der Waals surface area contributed by atoms with Gasteiger partial charge < -0.3 is 19.2 Å². The Kier molecular flexibility index (Phi) is 3.93. The zero-order chi connectivity index (χ0) is 18.3. The molecule has 0 saturated carbocycles. The van der Waals surface area contributed by atoms with Gasteiger partial charge >= 0.3 is 5.97 Å². The second-order valence-corrected chi connectivity index (χ2v) is 6.09. The molecule has 130 valence electrons. The highest BCUT2D eigenvalue weighted by molar-refractivity contribution is 6.16. The highest BCUT2D eigenvalue weighted by atomic mass is 35.5. The zero-order valence-electron chi connectivity index (χ0n) is 13.3. The molecule has 0 spiro atoms. The minimum absolute atomic E-state index is 0.0551. The third-order valence-electron chi connectivity index (χ3n) is 4.40. The number of hydrogen-bond donors (Lipinski definition) is 2. The SMILES string of the molecule is O=C(OCl)c1ccccc1C1c2ccc(O)cc2Oc2cc(O)ccc21. The maximum atomic E-state index is 12.1. The molecule has 0 aromatic heterocycles. The summed E-state index contributed by atoms with van der Waals surface area (Å²) in [6.07, 6.45) is 0. The standard InChI is InChI=1S/C20H13ClO5/c21-26-20(24)14-4-2-1-3-13(14)19-15-7-5-11(22)9-17(15)25-18-10-12(23)6-8-16(18)19/h1-10,19,22-23H. The van der Waals surface area contributed by atoms with Crippen LogP contribution in [0, 0.1) is 0 Å². The van der Waals surface area contributed by atoms with Crippen LogP contribution < -0.4 is 4.74 Å². The molecule has 2 N–H and O–H groups in total. The van der Waals surface area contributed by atoms with E-state index in [9.17, 15) is 15.0 Å². The first kappa shape index (κ1) is 16.3. The number of carbonyl (C=O) groups is 1. The molecular formula is C20H13ClO5. The van der Waals surface area contributed by atoms with Crippen molar-refractivity contribution in [3.8, 4) is 23.0 Å². The van der Waals surface area contributed by atoms with Gasteiger partial charge in [-0.25, -0.2) is 4.79 Å². The number of rotatable bonds is 2. The number of aromatic hydroxyl groups is 2. The molecule has 5 nitrogen and oxygen atoms in total. The molecule has 3 aromatic carbocycles. The van der Waals surface area contributed by atoms with Crippen molar-refractivity contribution in [2.45, 2.75) is 5.92 Å². The van der Waals surface area contributed by atoms with Gasteiger partial charge in [-0.05, 0) is 23.8 Å². The molecule has 0 atom stereocenters. The lowest BCUT2D eigenvalue weighted by atomic mass is 9.80. The van der Waals surface area contributed by atoms with Crippen LogP contribution in [0.4, 0.5) is 0 Å². The van der Waals surface area contributed by atoms with E-state index < -0.39 is 5.97 Å². The Morgan fingerprint density at radius 3 is 2.04 bits per heavy atom. The predicted octanol–water partition coefficient (Wildman–Crippen LogP) is 4.69. The van der Waals surface area contributed by atoms with E-state index >= 15 is 0 Å². The molecule has 0 bridgehead atoms. The Morgan fingerprint density at radius 2 is 1.46 bits per heavy atom. The lowest BCUT2D eigenvalue weighted by Gasteiger charge is -2.29. The van der Waals surface area contributed by atoms with Crippen LogP contribution in [0.2, 0.25) is 0 Å². The summed E-state index contributed by atoms with van der Waals surface area (Å²) < 4.78 is 10.3. The summed E-state index contributed by atoms with van der Waals surface area (Å²) in [6.45, 7) is 0. The summed E-state index contributed by atoms with van der Waals surface area (Å²) in [4.78, 5) is 12.1.